The summed E-state index contributed by atoms with van der Waals surface area (Å²) in [5, 5.41) is 0.745. The van der Waals surface area contributed by atoms with E-state index in [9.17, 15) is 0 Å². The molecule has 2 nitrogen and oxygen atoms in total. The van der Waals surface area contributed by atoms with E-state index in [1.807, 2.05) is 6.07 Å². The number of halogens is 2. The molecule has 1 rings (SSSR count). The van der Waals surface area contributed by atoms with E-state index in [-0.39, 0.29) is 0 Å². The molecule has 90 valence electrons. The standard InChI is InChI=1S/C12H17BrClNO/c1-8(3-4-15)9-5-11(13)10(7-16-2)12(14)6-9/h5-6,8H,3-4,7,15H2,1-2H3. The van der Waals surface area contributed by atoms with Gasteiger partial charge in [-0.25, -0.2) is 0 Å². The summed E-state index contributed by atoms with van der Waals surface area (Å²) >= 11 is 9.74. The molecule has 0 saturated carbocycles. The van der Waals surface area contributed by atoms with Crippen LogP contribution in [0.3, 0.4) is 0 Å². The highest BCUT2D eigenvalue weighted by atomic mass is 79.9. The highest BCUT2D eigenvalue weighted by Crippen LogP contribution is 2.31. The maximum absolute atomic E-state index is 6.22. The van der Waals surface area contributed by atoms with Gasteiger partial charge < -0.3 is 10.5 Å². The summed E-state index contributed by atoms with van der Waals surface area (Å²) in [7, 11) is 1.66. The Morgan fingerprint density at radius 1 is 1.50 bits per heavy atom. The molecular formula is C12H17BrClNO. The minimum absolute atomic E-state index is 0.426. The van der Waals surface area contributed by atoms with Gasteiger partial charge in [0.15, 0.2) is 0 Å². The van der Waals surface area contributed by atoms with Crippen LogP contribution in [0.4, 0.5) is 0 Å². The number of ether oxygens (including phenoxy) is 1. The van der Waals surface area contributed by atoms with Crippen LogP contribution in [-0.4, -0.2) is 13.7 Å². The molecule has 0 saturated heterocycles. The lowest BCUT2D eigenvalue weighted by atomic mass is 9.97. The molecule has 1 aromatic carbocycles. The van der Waals surface area contributed by atoms with Crippen molar-refractivity contribution in [2.45, 2.75) is 25.9 Å². The second-order valence-electron chi connectivity index (χ2n) is 3.87. The van der Waals surface area contributed by atoms with Gasteiger partial charge in [-0.3, -0.25) is 0 Å². The molecule has 0 aliphatic carbocycles. The van der Waals surface area contributed by atoms with E-state index < -0.39 is 0 Å². The van der Waals surface area contributed by atoms with Gasteiger partial charge in [0.1, 0.15) is 0 Å². The van der Waals surface area contributed by atoms with E-state index in [1.165, 1.54) is 5.56 Å². The molecule has 0 fully saturated rings. The van der Waals surface area contributed by atoms with Crippen molar-refractivity contribution in [3.63, 3.8) is 0 Å². The average molecular weight is 307 g/mol. The van der Waals surface area contributed by atoms with Crippen LogP contribution in [0.1, 0.15) is 30.4 Å². The fraction of sp³-hybridized carbons (Fsp3) is 0.500. The monoisotopic (exact) mass is 305 g/mol. The minimum atomic E-state index is 0.426. The number of hydrogen-bond acceptors (Lipinski definition) is 2. The molecular weight excluding hydrogens is 289 g/mol. The van der Waals surface area contributed by atoms with Gasteiger partial charge in [0.25, 0.3) is 0 Å². The van der Waals surface area contributed by atoms with Crippen LogP contribution < -0.4 is 5.73 Å². The van der Waals surface area contributed by atoms with Gasteiger partial charge in [0.05, 0.1) is 6.61 Å². The second kappa shape index (κ2) is 6.60. The van der Waals surface area contributed by atoms with Gasteiger partial charge in [-0.2, -0.15) is 0 Å². The lowest BCUT2D eigenvalue weighted by molar-refractivity contribution is 0.184. The molecule has 4 heteroatoms. The summed E-state index contributed by atoms with van der Waals surface area (Å²) in [6.45, 7) is 3.36. The highest BCUT2D eigenvalue weighted by molar-refractivity contribution is 9.10. The maximum Gasteiger partial charge on any atom is 0.0738 e. The fourth-order valence-corrected chi connectivity index (χ4v) is 2.59. The van der Waals surface area contributed by atoms with Gasteiger partial charge in [-0.15, -0.1) is 0 Å². The molecule has 0 amide bonds. The Hall–Kier alpha value is -0.0900. The van der Waals surface area contributed by atoms with Crippen LogP contribution in [0, 0.1) is 0 Å². The molecule has 0 heterocycles. The van der Waals surface area contributed by atoms with Gasteiger partial charge in [0.2, 0.25) is 0 Å². The largest absolute Gasteiger partial charge is 0.380 e. The van der Waals surface area contributed by atoms with Crippen molar-refractivity contribution in [3.05, 3.63) is 32.8 Å². The molecule has 2 N–H and O–H groups in total. The fourth-order valence-electron chi connectivity index (χ4n) is 1.61. The number of hydrogen-bond donors (Lipinski definition) is 1. The summed E-state index contributed by atoms with van der Waals surface area (Å²) < 4.78 is 6.10. The highest BCUT2D eigenvalue weighted by Gasteiger charge is 2.11. The lowest BCUT2D eigenvalue weighted by Crippen LogP contribution is -2.05. The topological polar surface area (TPSA) is 35.2 Å². The summed E-state index contributed by atoms with van der Waals surface area (Å²) in [4.78, 5) is 0. The third-order valence-corrected chi connectivity index (χ3v) is 3.67. The molecule has 0 radical (unpaired) electrons. The third-order valence-electron chi connectivity index (χ3n) is 2.62. The lowest BCUT2D eigenvalue weighted by Gasteiger charge is -2.14. The molecule has 1 atom stereocenters. The van der Waals surface area contributed by atoms with Crippen molar-refractivity contribution in [2.75, 3.05) is 13.7 Å². The summed E-state index contributed by atoms with van der Waals surface area (Å²) in [6, 6.07) is 4.10. The van der Waals surface area contributed by atoms with E-state index in [2.05, 4.69) is 28.9 Å². The summed E-state index contributed by atoms with van der Waals surface area (Å²) in [6.07, 6.45) is 0.965. The summed E-state index contributed by atoms with van der Waals surface area (Å²) in [5.74, 6) is 0.426. The predicted molar refractivity (Wildman–Crippen MR) is 72.0 cm³/mol. The van der Waals surface area contributed by atoms with Crippen molar-refractivity contribution >= 4 is 27.5 Å². The zero-order valence-electron chi connectivity index (χ0n) is 9.59. The molecule has 0 bridgehead atoms. The molecule has 16 heavy (non-hydrogen) atoms. The van der Waals surface area contributed by atoms with E-state index >= 15 is 0 Å². The number of methoxy groups -OCH3 is 1. The van der Waals surface area contributed by atoms with E-state index in [0.717, 1.165) is 21.5 Å². The first-order valence-electron chi connectivity index (χ1n) is 5.27. The van der Waals surface area contributed by atoms with Crippen molar-refractivity contribution in [1.82, 2.24) is 0 Å². The maximum atomic E-state index is 6.22. The minimum Gasteiger partial charge on any atom is -0.380 e. The van der Waals surface area contributed by atoms with Crippen molar-refractivity contribution in [3.8, 4) is 0 Å². The van der Waals surface area contributed by atoms with Gasteiger partial charge in [0, 0.05) is 22.2 Å². The normalized spacial score (nSPS) is 12.8. The Morgan fingerprint density at radius 3 is 2.69 bits per heavy atom. The van der Waals surface area contributed by atoms with E-state index in [1.54, 1.807) is 7.11 Å². The van der Waals surface area contributed by atoms with Gasteiger partial charge >= 0.3 is 0 Å². The molecule has 0 spiro atoms. The molecule has 0 aromatic heterocycles. The Kier molecular flexibility index (Phi) is 5.76. The number of rotatable bonds is 5. The van der Waals surface area contributed by atoms with Crippen molar-refractivity contribution in [2.24, 2.45) is 5.73 Å². The molecule has 0 aliphatic rings. The molecule has 1 aromatic rings. The Bertz CT molecular complexity index is 334. The van der Waals surface area contributed by atoms with Crippen LogP contribution in [0.5, 0.6) is 0 Å². The van der Waals surface area contributed by atoms with Crippen molar-refractivity contribution < 1.29 is 4.74 Å². The Labute approximate surface area is 110 Å². The Balaban J connectivity index is 2.99. The third kappa shape index (κ3) is 3.45. The van der Waals surface area contributed by atoms with Crippen LogP contribution >= 0.6 is 27.5 Å². The quantitative estimate of drug-likeness (QED) is 0.900. The molecule has 1 unspecified atom stereocenters. The summed E-state index contributed by atoms with van der Waals surface area (Å²) in [5.41, 5.74) is 7.76. The van der Waals surface area contributed by atoms with Gasteiger partial charge in [-0.1, -0.05) is 34.5 Å². The first kappa shape index (κ1) is 14.0. The first-order chi connectivity index (χ1) is 7.60. The van der Waals surface area contributed by atoms with Crippen LogP contribution in [-0.2, 0) is 11.3 Å². The SMILES string of the molecule is COCc1c(Cl)cc(C(C)CCN)cc1Br. The molecule has 0 aliphatic heterocycles. The zero-order valence-corrected chi connectivity index (χ0v) is 11.9. The number of benzene rings is 1. The zero-order chi connectivity index (χ0) is 12.1. The smallest absolute Gasteiger partial charge is 0.0738 e. The van der Waals surface area contributed by atoms with E-state index in [0.29, 0.717) is 19.1 Å². The second-order valence-corrected chi connectivity index (χ2v) is 5.14. The number of nitrogens with two attached hydrogens (primary N) is 1. The van der Waals surface area contributed by atoms with Crippen LogP contribution in [0.25, 0.3) is 0 Å². The predicted octanol–water partition coefficient (Wildman–Crippen LogP) is 3.70. The first-order valence-corrected chi connectivity index (χ1v) is 6.44. The van der Waals surface area contributed by atoms with Gasteiger partial charge in [-0.05, 0) is 36.6 Å². The van der Waals surface area contributed by atoms with Crippen LogP contribution in [0.15, 0.2) is 16.6 Å². The van der Waals surface area contributed by atoms with Crippen LogP contribution in [0.2, 0.25) is 5.02 Å². The Morgan fingerprint density at radius 2 is 2.19 bits per heavy atom. The van der Waals surface area contributed by atoms with E-state index in [4.69, 9.17) is 22.1 Å². The van der Waals surface area contributed by atoms with Crippen molar-refractivity contribution in [1.29, 1.82) is 0 Å². The average Bonchev–Trinajstić information content (AvgIpc) is 2.23.